The quantitative estimate of drug-likeness (QED) is 0.173. The number of para-hydroxylation sites is 3. The fourth-order valence-corrected chi connectivity index (χ4v) is 9.27. The average molecular weight is 710 g/mol. The van der Waals surface area contributed by atoms with E-state index < -0.39 is 0 Å². The van der Waals surface area contributed by atoms with Gasteiger partial charge in [-0.25, -0.2) is 4.39 Å². The molecule has 0 aliphatic heterocycles. The highest BCUT2D eigenvalue weighted by molar-refractivity contribution is 6.12. The standard InChI is InChI=1S/C51H36FN3/c1-51(2)43-18-9-6-17-41(43)50-44(51)19-12-22-48(50)53(37-27-29-40-38-15-7-10-20-45(38)55(49(40)32-37)34-13-4-3-5-14-34)36-28-30-47-42(31-36)39-16-8-11-21-46(39)54(47)35-25-23-33(52)24-26-35/h3-32H,1-2H3. The third-order valence-electron chi connectivity index (χ3n) is 11.8. The number of hydrogen-bond donors (Lipinski definition) is 0. The Morgan fingerprint density at radius 3 is 1.78 bits per heavy atom. The number of anilines is 3. The molecule has 0 unspecified atom stereocenters. The topological polar surface area (TPSA) is 13.1 Å². The maximum absolute atomic E-state index is 14.1. The van der Waals surface area contributed by atoms with Crippen LogP contribution in [-0.2, 0) is 5.41 Å². The van der Waals surface area contributed by atoms with Gasteiger partial charge in [0.1, 0.15) is 5.82 Å². The van der Waals surface area contributed by atoms with Crippen LogP contribution in [0.4, 0.5) is 21.5 Å². The van der Waals surface area contributed by atoms with Gasteiger partial charge in [-0.1, -0.05) is 111 Å². The van der Waals surface area contributed by atoms with Crippen LogP contribution >= 0.6 is 0 Å². The summed E-state index contributed by atoms with van der Waals surface area (Å²) in [6.45, 7) is 4.68. The van der Waals surface area contributed by atoms with Gasteiger partial charge in [0.2, 0.25) is 0 Å². The van der Waals surface area contributed by atoms with E-state index in [0.29, 0.717) is 0 Å². The molecule has 0 fully saturated rings. The molecular formula is C51H36FN3. The number of nitrogens with zero attached hydrogens (tertiary/aromatic N) is 3. The Kier molecular flexibility index (Phi) is 6.78. The van der Waals surface area contributed by atoms with E-state index in [9.17, 15) is 4.39 Å². The predicted molar refractivity (Wildman–Crippen MR) is 227 cm³/mol. The second kappa shape index (κ2) is 11.8. The molecule has 0 N–H and O–H groups in total. The minimum absolute atomic E-state index is 0.149. The van der Waals surface area contributed by atoms with Gasteiger partial charge in [0.25, 0.3) is 0 Å². The van der Waals surface area contributed by atoms with Crippen molar-refractivity contribution in [3.63, 3.8) is 0 Å². The van der Waals surface area contributed by atoms with Crippen LogP contribution in [0.5, 0.6) is 0 Å². The van der Waals surface area contributed by atoms with Crippen molar-refractivity contribution in [2.45, 2.75) is 19.3 Å². The lowest BCUT2D eigenvalue weighted by Gasteiger charge is -2.29. The summed E-state index contributed by atoms with van der Waals surface area (Å²) >= 11 is 0. The molecule has 1 aliphatic carbocycles. The molecule has 8 aromatic carbocycles. The van der Waals surface area contributed by atoms with Crippen LogP contribution in [-0.4, -0.2) is 9.13 Å². The highest BCUT2D eigenvalue weighted by Crippen LogP contribution is 2.54. The molecule has 2 aromatic heterocycles. The van der Waals surface area contributed by atoms with Crippen molar-refractivity contribution in [3.8, 4) is 22.5 Å². The lowest BCUT2D eigenvalue weighted by molar-refractivity contribution is 0.627. The second-order valence-electron chi connectivity index (χ2n) is 15.1. The molecule has 0 amide bonds. The number of aromatic nitrogens is 2. The van der Waals surface area contributed by atoms with Crippen LogP contribution in [0, 0.1) is 5.82 Å². The molecule has 0 saturated carbocycles. The maximum Gasteiger partial charge on any atom is 0.123 e. The van der Waals surface area contributed by atoms with Crippen molar-refractivity contribution in [3.05, 3.63) is 199 Å². The summed E-state index contributed by atoms with van der Waals surface area (Å²) in [6, 6.07) is 64.0. The van der Waals surface area contributed by atoms with Crippen molar-refractivity contribution >= 4 is 60.7 Å². The zero-order chi connectivity index (χ0) is 36.8. The summed E-state index contributed by atoms with van der Waals surface area (Å²) in [6.07, 6.45) is 0. The first-order valence-electron chi connectivity index (χ1n) is 18.9. The Bertz CT molecular complexity index is 3130. The van der Waals surface area contributed by atoms with Crippen LogP contribution in [0.2, 0.25) is 0 Å². The lowest BCUT2D eigenvalue weighted by atomic mass is 9.82. The van der Waals surface area contributed by atoms with Crippen LogP contribution < -0.4 is 4.90 Å². The Morgan fingerprint density at radius 1 is 0.436 bits per heavy atom. The van der Waals surface area contributed by atoms with Crippen LogP contribution in [0.25, 0.3) is 66.1 Å². The number of rotatable bonds is 5. The fraction of sp³-hybridized carbons (Fsp3) is 0.0588. The maximum atomic E-state index is 14.1. The number of halogens is 1. The Balaban J connectivity index is 1.22. The smallest absolute Gasteiger partial charge is 0.123 e. The molecule has 10 aromatic rings. The summed E-state index contributed by atoms with van der Waals surface area (Å²) in [5.74, 6) is -0.245. The van der Waals surface area contributed by atoms with E-state index in [1.807, 2.05) is 12.1 Å². The molecule has 0 bridgehead atoms. The van der Waals surface area contributed by atoms with Gasteiger partial charge in [0, 0.05) is 55.3 Å². The van der Waals surface area contributed by atoms with E-state index in [1.54, 1.807) is 0 Å². The first-order valence-corrected chi connectivity index (χ1v) is 18.9. The molecule has 2 heterocycles. The Morgan fingerprint density at radius 2 is 1.00 bits per heavy atom. The van der Waals surface area contributed by atoms with Crippen molar-refractivity contribution in [1.82, 2.24) is 9.13 Å². The van der Waals surface area contributed by atoms with E-state index in [1.165, 1.54) is 50.7 Å². The van der Waals surface area contributed by atoms with Crippen LogP contribution in [0.15, 0.2) is 182 Å². The van der Waals surface area contributed by atoms with Crippen LogP contribution in [0.3, 0.4) is 0 Å². The molecule has 0 radical (unpaired) electrons. The molecular weight excluding hydrogens is 674 g/mol. The molecule has 4 heteroatoms. The van der Waals surface area contributed by atoms with Crippen molar-refractivity contribution in [2.24, 2.45) is 0 Å². The third kappa shape index (κ3) is 4.61. The first kappa shape index (κ1) is 31.6. The van der Waals surface area contributed by atoms with Crippen molar-refractivity contribution < 1.29 is 4.39 Å². The number of benzene rings is 8. The summed E-state index contributed by atoms with van der Waals surface area (Å²) in [5.41, 5.74) is 14.9. The monoisotopic (exact) mass is 709 g/mol. The summed E-state index contributed by atoms with van der Waals surface area (Å²) in [4.78, 5) is 2.45. The highest BCUT2D eigenvalue weighted by atomic mass is 19.1. The van der Waals surface area contributed by atoms with Gasteiger partial charge < -0.3 is 14.0 Å². The average Bonchev–Trinajstić information content (AvgIpc) is 3.82. The summed E-state index contributed by atoms with van der Waals surface area (Å²) in [5, 5.41) is 4.72. The minimum Gasteiger partial charge on any atom is -0.310 e. The zero-order valence-electron chi connectivity index (χ0n) is 30.5. The third-order valence-corrected chi connectivity index (χ3v) is 11.8. The molecule has 0 saturated heterocycles. The van der Waals surface area contributed by atoms with E-state index in [2.05, 4.69) is 186 Å². The van der Waals surface area contributed by atoms with E-state index in [0.717, 1.165) is 55.8 Å². The van der Waals surface area contributed by atoms with E-state index in [4.69, 9.17) is 0 Å². The Hall–Kier alpha value is -6.91. The van der Waals surface area contributed by atoms with Gasteiger partial charge in [-0.05, 0) is 102 Å². The highest BCUT2D eigenvalue weighted by Gasteiger charge is 2.37. The second-order valence-corrected chi connectivity index (χ2v) is 15.1. The largest absolute Gasteiger partial charge is 0.310 e. The van der Waals surface area contributed by atoms with Gasteiger partial charge in [-0.2, -0.15) is 0 Å². The van der Waals surface area contributed by atoms with Gasteiger partial charge in [0.05, 0.1) is 27.8 Å². The van der Waals surface area contributed by atoms with Gasteiger partial charge in [-0.3, -0.25) is 0 Å². The molecule has 11 rings (SSSR count). The molecule has 3 nitrogen and oxygen atoms in total. The number of fused-ring (bicyclic) bond motifs is 9. The predicted octanol–water partition coefficient (Wildman–Crippen LogP) is 13.8. The molecule has 0 spiro atoms. The molecule has 262 valence electrons. The summed E-state index contributed by atoms with van der Waals surface area (Å²) < 4.78 is 18.7. The van der Waals surface area contributed by atoms with Gasteiger partial charge in [-0.15, -0.1) is 0 Å². The SMILES string of the molecule is CC1(C)c2ccccc2-c2c(N(c3ccc4c(c3)c3ccccc3n4-c3ccc(F)cc3)c3ccc4c5ccccc5n(-c5ccccc5)c4c3)cccc21. The van der Waals surface area contributed by atoms with Gasteiger partial charge >= 0.3 is 0 Å². The minimum atomic E-state index is -0.245. The molecule has 1 aliphatic rings. The molecule has 55 heavy (non-hydrogen) atoms. The first-order chi connectivity index (χ1) is 27.0. The normalized spacial score (nSPS) is 13.1. The summed E-state index contributed by atoms with van der Waals surface area (Å²) in [7, 11) is 0. The van der Waals surface area contributed by atoms with Crippen molar-refractivity contribution in [2.75, 3.05) is 4.90 Å². The molecule has 0 atom stereocenters. The fourth-order valence-electron chi connectivity index (χ4n) is 9.27. The number of hydrogen-bond acceptors (Lipinski definition) is 1. The van der Waals surface area contributed by atoms with Crippen LogP contribution in [0.1, 0.15) is 25.0 Å². The lowest BCUT2D eigenvalue weighted by Crippen LogP contribution is -2.16. The Labute approximate surface area is 318 Å². The van der Waals surface area contributed by atoms with E-state index in [-0.39, 0.29) is 11.2 Å². The zero-order valence-corrected chi connectivity index (χ0v) is 30.5. The van der Waals surface area contributed by atoms with Crippen molar-refractivity contribution in [1.29, 1.82) is 0 Å². The van der Waals surface area contributed by atoms with Gasteiger partial charge in [0.15, 0.2) is 0 Å². The van der Waals surface area contributed by atoms with E-state index >= 15 is 0 Å².